The lowest BCUT2D eigenvalue weighted by atomic mass is 10.1. The van der Waals surface area contributed by atoms with Crippen molar-refractivity contribution in [2.75, 3.05) is 18.8 Å². The molecule has 1 aliphatic rings. The van der Waals surface area contributed by atoms with Crippen LogP contribution in [0.4, 0.5) is 5.69 Å². The molecule has 2 N–H and O–H groups in total. The molecule has 1 aromatic rings. The molecule has 0 aliphatic carbocycles. The first-order valence-electron chi connectivity index (χ1n) is 5.93. The van der Waals surface area contributed by atoms with Gasteiger partial charge in [-0.15, -0.1) is 0 Å². The van der Waals surface area contributed by atoms with Gasteiger partial charge in [-0.1, -0.05) is 17.7 Å². The highest BCUT2D eigenvalue weighted by molar-refractivity contribution is 7.89. The normalized spacial score (nSPS) is 17.6. The second kappa shape index (κ2) is 4.74. The molecule has 5 heteroatoms. The lowest BCUT2D eigenvalue weighted by molar-refractivity contribution is 0.431. The van der Waals surface area contributed by atoms with Crippen LogP contribution < -0.4 is 5.73 Å². The zero-order chi connectivity index (χ0) is 13.3. The number of hydrogen-bond donors (Lipinski definition) is 1. The number of aryl methyl sites for hydroxylation is 1. The molecule has 0 aromatic heterocycles. The van der Waals surface area contributed by atoms with E-state index in [1.807, 2.05) is 19.9 Å². The third-order valence-electron chi connectivity index (χ3n) is 3.29. The van der Waals surface area contributed by atoms with Crippen molar-refractivity contribution in [1.29, 1.82) is 0 Å². The maximum absolute atomic E-state index is 12.4. The number of hydrogen-bond acceptors (Lipinski definition) is 3. The number of benzene rings is 1. The molecule has 0 amide bonds. The molecule has 1 aliphatic heterocycles. The van der Waals surface area contributed by atoms with Gasteiger partial charge in [-0.2, -0.15) is 4.31 Å². The van der Waals surface area contributed by atoms with Crippen LogP contribution in [0.15, 0.2) is 34.7 Å². The van der Waals surface area contributed by atoms with Crippen LogP contribution in [0.2, 0.25) is 0 Å². The molecule has 0 fully saturated rings. The van der Waals surface area contributed by atoms with Crippen molar-refractivity contribution in [1.82, 2.24) is 4.31 Å². The zero-order valence-electron chi connectivity index (χ0n) is 10.7. The molecule has 4 nitrogen and oxygen atoms in total. The first kappa shape index (κ1) is 13.1. The number of anilines is 1. The predicted molar refractivity (Wildman–Crippen MR) is 72.7 cm³/mol. The van der Waals surface area contributed by atoms with Gasteiger partial charge in [0.05, 0.1) is 4.90 Å². The second-order valence-corrected chi connectivity index (χ2v) is 6.62. The minimum absolute atomic E-state index is 0.276. The Hall–Kier alpha value is -1.33. The summed E-state index contributed by atoms with van der Waals surface area (Å²) in [6, 6.07) is 4.90. The van der Waals surface area contributed by atoms with Crippen molar-refractivity contribution in [2.24, 2.45) is 0 Å². The van der Waals surface area contributed by atoms with Crippen LogP contribution in [0.5, 0.6) is 0 Å². The fourth-order valence-electron chi connectivity index (χ4n) is 1.90. The molecule has 1 heterocycles. The third-order valence-corrected chi connectivity index (χ3v) is 5.15. The van der Waals surface area contributed by atoms with E-state index in [0.29, 0.717) is 18.8 Å². The fraction of sp³-hybridized carbons (Fsp3) is 0.385. The van der Waals surface area contributed by atoms with Crippen molar-refractivity contribution in [3.05, 3.63) is 35.4 Å². The quantitative estimate of drug-likeness (QED) is 0.657. The van der Waals surface area contributed by atoms with Crippen LogP contribution in [0.25, 0.3) is 0 Å². The van der Waals surface area contributed by atoms with Gasteiger partial charge in [0.25, 0.3) is 0 Å². The molecular weight excluding hydrogens is 248 g/mol. The Morgan fingerprint density at radius 3 is 2.56 bits per heavy atom. The van der Waals surface area contributed by atoms with Gasteiger partial charge in [-0.3, -0.25) is 0 Å². The summed E-state index contributed by atoms with van der Waals surface area (Å²) >= 11 is 0. The number of nitrogen functional groups attached to an aromatic ring is 1. The van der Waals surface area contributed by atoms with E-state index in [2.05, 4.69) is 0 Å². The smallest absolute Gasteiger partial charge is 0.243 e. The minimum Gasteiger partial charge on any atom is -0.398 e. The molecule has 0 radical (unpaired) electrons. The SMILES string of the molecule is CC1=CCN(S(=O)(=O)c2ccc(C)c(N)c2)CC1. The van der Waals surface area contributed by atoms with Crippen molar-refractivity contribution in [2.45, 2.75) is 25.2 Å². The van der Waals surface area contributed by atoms with E-state index in [1.54, 1.807) is 12.1 Å². The molecule has 0 unspecified atom stereocenters. The van der Waals surface area contributed by atoms with E-state index in [-0.39, 0.29) is 4.90 Å². The molecule has 2 rings (SSSR count). The molecule has 0 saturated heterocycles. The summed E-state index contributed by atoms with van der Waals surface area (Å²) in [6.45, 7) is 4.87. The maximum atomic E-state index is 12.4. The molecule has 98 valence electrons. The zero-order valence-corrected chi connectivity index (χ0v) is 11.5. The van der Waals surface area contributed by atoms with Crippen molar-refractivity contribution in [3.63, 3.8) is 0 Å². The summed E-state index contributed by atoms with van der Waals surface area (Å²) in [5, 5.41) is 0. The lowest BCUT2D eigenvalue weighted by Gasteiger charge is -2.25. The minimum atomic E-state index is -3.42. The van der Waals surface area contributed by atoms with Gasteiger partial charge in [-0.25, -0.2) is 8.42 Å². The summed E-state index contributed by atoms with van der Waals surface area (Å²) < 4.78 is 26.3. The van der Waals surface area contributed by atoms with E-state index in [1.165, 1.54) is 15.9 Å². The van der Waals surface area contributed by atoms with Crippen LogP contribution in [0.1, 0.15) is 18.9 Å². The van der Waals surface area contributed by atoms with Crippen molar-refractivity contribution < 1.29 is 8.42 Å². The van der Waals surface area contributed by atoms with Crippen LogP contribution in [-0.2, 0) is 10.0 Å². The highest BCUT2D eigenvalue weighted by atomic mass is 32.2. The van der Waals surface area contributed by atoms with Gasteiger partial charge in [0.15, 0.2) is 0 Å². The predicted octanol–water partition coefficient (Wildman–Crippen LogP) is 1.92. The summed E-state index contributed by atoms with van der Waals surface area (Å²) in [5.74, 6) is 0. The standard InChI is InChI=1S/C13H18N2O2S/c1-10-5-7-15(8-6-10)18(16,17)12-4-3-11(2)13(14)9-12/h3-5,9H,6-8,14H2,1-2H3. The van der Waals surface area contributed by atoms with E-state index in [4.69, 9.17) is 5.73 Å². The number of sulfonamides is 1. The van der Waals surface area contributed by atoms with E-state index >= 15 is 0 Å². The number of rotatable bonds is 2. The third kappa shape index (κ3) is 2.42. The van der Waals surface area contributed by atoms with Gasteiger partial charge in [0.2, 0.25) is 10.0 Å². The molecule has 0 atom stereocenters. The molecule has 0 saturated carbocycles. The summed E-state index contributed by atoms with van der Waals surface area (Å²) in [5.41, 5.74) is 8.42. The van der Waals surface area contributed by atoms with E-state index in [0.717, 1.165) is 12.0 Å². The van der Waals surface area contributed by atoms with Gasteiger partial charge in [0.1, 0.15) is 0 Å². The van der Waals surface area contributed by atoms with Crippen LogP contribution in [0, 0.1) is 6.92 Å². The highest BCUT2D eigenvalue weighted by Crippen LogP contribution is 2.23. The molecule has 0 spiro atoms. The number of nitrogens with zero attached hydrogens (tertiary/aromatic N) is 1. The Balaban J connectivity index is 2.34. The summed E-state index contributed by atoms with van der Waals surface area (Å²) in [7, 11) is -3.42. The first-order valence-corrected chi connectivity index (χ1v) is 7.37. The van der Waals surface area contributed by atoms with Gasteiger partial charge in [0, 0.05) is 18.8 Å². The van der Waals surface area contributed by atoms with Crippen molar-refractivity contribution >= 4 is 15.7 Å². The summed E-state index contributed by atoms with van der Waals surface area (Å²) in [6.07, 6.45) is 2.75. The average molecular weight is 266 g/mol. The molecular formula is C13H18N2O2S. The van der Waals surface area contributed by atoms with Crippen LogP contribution in [-0.4, -0.2) is 25.8 Å². The molecule has 0 bridgehead atoms. The number of nitrogens with two attached hydrogens (primary N) is 1. The lowest BCUT2D eigenvalue weighted by Crippen LogP contribution is -2.34. The maximum Gasteiger partial charge on any atom is 0.243 e. The monoisotopic (exact) mass is 266 g/mol. The Morgan fingerprint density at radius 2 is 2.00 bits per heavy atom. The Morgan fingerprint density at radius 1 is 1.28 bits per heavy atom. The van der Waals surface area contributed by atoms with Crippen molar-refractivity contribution in [3.8, 4) is 0 Å². The highest BCUT2D eigenvalue weighted by Gasteiger charge is 2.25. The Labute approximate surface area is 108 Å². The van der Waals surface area contributed by atoms with Crippen LogP contribution >= 0.6 is 0 Å². The average Bonchev–Trinajstić information content (AvgIpc) is 2.33. The Bertz CT molecular complexity index is 591. The van der Waals surface area contributed by atoms with Gasteiger partial charge in [-0.05, 0) is 38.0 Å². The Kier molecular flexibility index (Phi) is 3.45. The van der Waals surface area contributed by atoms with Gasteiger partial charge >= 0.3 is 0 Å². The summed E-state index contributed by atoms with van der Waals surface area (Å²) in [4.78, 5) is 0.276. The fourth-order valence-corrected chi connectivity index (χ4v) is 3.31. The topological polar surface area (TPSA) is 63.4 Å². The van der Waals surface area contributed by atoms with E-state index in [9.17, 15) is 8.42 Å². The largest absolute Gasteiger partial charge is 0.398 e. The second-order valence-electron chi connectivity index (χ2n) is 4.68. The van der Waals surface area contributed by atoms with Crippen LogP contribution in [0.3, 0.4) is 0 Å². The molecule has 18 heavy (non-hydrogen) atoms. The molecule has 1 aromatic carbocycles. The van der Waals surface area contributed by atoms with E-state index < -0.39 is 10.0 Å². The first-order chi connectivity index (χ1) is 8.41. The van der Waals surface area contributed by atoms with Gasteiger partial charge < -0.3 is 5.73 Å².